The topological polar surface area (TPSA) is 57.5 Å². The number of carbonyl (C=O) groups excluding carboxylic acids is 2. The minimum atomic E-state index is -0.437. The number of benzene rings is 1. The zero-order valence-electron chi connectivity index (χ0n) is 11.6. The van der Waals surface area contributed by atoms with E-state index in [-0.39, 0.29) is 18.8 Å². The highest BCUT2D eigenvalue weighted by atomic mass is 16.5. The van der Waals surface area contributed by atoms with Gasteiger partial charge in [0.1, 0.15) is 5.75 Å². The molecule has 20 heavy (non-hydrogen) atoms. The molecule has 1 aromatic heterocycles. The molecule has 1 heterocycles. The van der Waals surface area contributed by atoms with E-state index < -0.39 is 5.97 Å². The molecule has 0 unspecified atom stereocenters. The van der Waals surface area contributed by atoms with Crippen molar-refractivity contribution in [1.82, 2.24) is 4.57 Å². The zero-order valence-corrected chi connectivity index (χ0v) is 11.6. The van der Waals surface area contributed by atoms with Crippen LogP contribution in [0.1, 0.15) is 19.8 Å². The molecule has 5 nitrogen and oxygen atoms in total. The van der Waals surface area contributed by atoms with Crippen LogP contribution in [0.15, 0.2) is 30.5 Å². The van der Waals surface area contributed by atoms with Crippen LogP contribution < -0.4 is 4.74 Å². The molecule has 0 aliphatic rings. The highest BCUT2D eigenvalue weighted by molar-refractivity contribution is 5.83. The summed E-state index contributed by atoms with van der Waals surface area (Å²) in [6, 6.07) is 7.39. The van der Waals surface area contributed by atoms with Gasteiger partial charge in [-0.25, -0.2) is 0 Å². The van der Waals surface area contributed by atoms with Gasteiger partial charge < -0.3 is 14.0 Å². The third-order valence-electron chi connectivity index (χ3n) is 2.93. The summed E-state index contributed by atoms with van der Waals surface area (Å²) >= 11 is 0. The molecule has 106 valence electrons. The maximum atomic E-state index is 11.6. The number of hydrogen-bond donors (Lipinski definition) is 0. The molecule has 0 fully saturated rings. The largest absolute Gasteiger partial charge is 0.466 e. The molecule has 0 spiro atoms. The van der Waals surface area contributed by atoms with Crippen molar-refractivity contribution in [3.05, 3.63) is 30.5 Å². The van der Waals surface area contributed by atoms with E-state index in [1.165, 1.54) is 0 Å². The molecular formula is C15H17NO4. The van der Waals surface area contributed by atoms with E-state index in [1.807, 2.05) is 29.9 Å². The van der Waals surface area contributed by atoms with Crippen LogP contribution >= 0.6 is 0 Å². The highest BCUT2D eigenvalue weighted by Gasteiger charge is 2.10. The molecule has 0 bridgehead atoms. The Morgan fingerprint density at radius 1 is 1.15 bits per heavy atom. The Hall–Kier alpha value is -2.30. The lowest BCUT2D eigenvalue weighted by Crippen LogP contribution is -2.12. The van der Waals surface area contributed by atoms with Gasteiger partial charge in [0, 0.05) is 24.1 Å². The number of ether oxygens (including phenoxy) is 2. The van der Waals surface area contributed by atoms with E-state index >= 15 is 0 Å². The SMILES string of the molecule is CCOC(=O)CCC(=O)Oc1ccc2c(ccn2C)c1. The Labute approximate surface area is 117 Å². The first-order chi connectivity index (χ1) is 9.60. The van der Waals surface area contributed by atoms with Crippen LogP contribution in [0.2, 0.25) is 0 Å². The Kier molecular flexibility index (Phi) is 4.40. The van der Waals surface area contributed by atoms with Gasteiger partial charge in [-0.2, -0.15) is 0 Å². The summed E-state index contributed by atoms with van der Waals surface area (Å²) < 4.78 is 11.9. The summed E-state index contributed by atoms with van der Waals surface area (Å²) in [5.41, 5.74) is 1.07. The van der Waals surface area contributed by atoms with Gasteiger partial charge in [0.2, 0.25) is 0 Å². The van der Waals surface area contributed by atoms with Gasteiger partial charge in [-0.05, 0) is 31.2 Å². The number of fused-ring (bicyclic) bond motifs is 1. The van der Waals surface area contributed by atoms with Gasteiger partial charge in [-0.1, -0.05) is 0 Å². The molecule has 2 aromatic rings. The van der Waals surface area contributed by atoms with Crippen LogP contribution in [0, 0.1) is 0 Å². The summed E-state index contributed by atoms with van der Waals surface area (Å²) in [5, 5.41) is 1.00. The molecule has 0 atom stereocenters. The van der Waals surface area contributed by atoms with Crippen molar-refractivity contribution in [2.75, 3.05) is 6.61 Å². The van der Waals surface area contributed by atoms with Gasteiger partial charge in [-0.3, -0.25) is 9.59 Å². The van der Waals surface area contributed by atoms with E-state index in [0.717, 1.165) is 10.9 Å². The summed E-state index contributed by atoms with van der Waals surface area (Å²) in [6.45, 7) is 2.05. The second-order valence-electron chi connectivity index (χ2n) is 4.43. The molecule has 0 saturated heterocycles. The van der Waals surface area contributed by atoms with E-state index in [9.17, 15) is 9.59 Å². The van der Waals surface area contributed by atoms with Crippen molar-refractivity contribution in [3.8, 4) is 5.75 Å². The minimum Gasteiger partial charge on any atom is -0.466 e. The predicted molar refractivity (Wildman–Crippen MR) is 74.4 cm³/mol. The number of nitrogens with zero attached hydrogens (tertiary/aromatic N) is 1. The lowest BCUT2D eigenvalue weighted by molar-refractivity contribution is -0.146. The highest BCUT2D eigenvalue weighted by Crippen LogP contribution is 2.21. The third kappa shape index (κ3) is 3.38. The molecule has 0 saturated carbocycles. The van der Waals surface area contributed by atoms with E-state index in [1.54, 1.807) is 19.1 Å². The summed E-state index contributed by atoms with van der Waals surface area (Å²) in [5.74, 6) is -0.339. The van der Waals surface area contributed by atoms with Gasteiger partial charge in [0.05, 0.1) is 19.4 Å². The first-order valence-corrected chi connectivity index (χ1v) is 6.51. The zero-order chi connectivity index (χ0) is 14.5. The molecule has 0 radical (unpaired) electrons. The van der Waals surface area contributed by atoms with E-state index in [4.69, 9.17) is 9.47 Å². The summed E-state index contributed by atoms with van der Waals surface area (Å²) in [4.78, 5) is 22.8. The van der Waals surface area contributed by atoms with Gasteiger partial charge >= 0.3 is 11.9 Å². The van der Waals surface area contributed by atoms with Gasteiger partial charge in [0.15, 0.2) is 0 Å². The monoisotopic (exact) mass is 275 g/mol. The molecule has 0 amide bonds. The van der Waals surface area contributed by atoms with Crippen LogP contribution in [-0.2, 0) is 21.4 Å². The van der Waals surface area contributed by atoms with Gasteiger partial charge in [-0.15, -0.1) is 0 Å². The number of carbonyl (C=O) groups is 2. The van der Waals surface area contributed by atoms with Gasteiger partial charge in [0.25, 0.3) is 0 Å². The first kappa shape index (κ1) is 14.1. The van der Waals surface area contributed by atoms with Crippen molar-refractivity contribution in [2.45, 2.75) is 19.8 Å². The van der Waals surface area contributed by atoms with Crippen molar-refractivity contribution in [3.63, 3.8) is 0 Å². The van der Waals surface area contributed by atoms with Crippen LogP contribution in [0.3, 0.4) is 0 Å². The number of rotatable bonds is 5. The van der Waals surface area contributed by atoms with Crippen LogP contribution in [0.25, 0.3) is 10.9 Å². The van der Waals surface area contributed by atoms with Crippen molar-refractivity contribution >= 4 is 22.8 Å². The fraction of sp³-hybridized carbons (Fsp3) is 0.333. The Bertz CT molecular complexity index is 630. The molecule has 1 aromatic carbocycles. The fourth-order valence-corrected chi connectivity index (χ4v) is 1.94. The fourth-order valence-electron chi connectivity index (χ4n) is 1.94. The number of aromatic nitrogens is 1. The Balaban J connectivity index is 1.94. The van der Waals surface area contributed by atoms with E-state index in [0.29, 0.717) is 12.4 Å². The maximum Gasteiger partial charge on any atom is 0.311 e. The van der Waals surface area contributed by atoms with Crippen LogP contribution in [-0.4, -0.2) is 23.1 Å². The molecule has 0 aliphatic carbocycles. The average Bonchev–Trinajstić information content (AvgIpc) is 2.78. The Morgan fingerprint density at radius 3 is 2.65 bits per heavy atom. The molecule has 0 aliphatic heterocycles. The van der Waals surface area contributed by atoms with Crippen LogP contribution in [0.4, 0.5) is 0 Å². The number of aryl methyl sites for hydroxylation is 1. The normalized spacial score (nSPS) is 10.5. The van der Waals surface area contributed by atoms with Crippen molar-refractivity contribution < 1.29 is 19.1 Å². The van der Waals surface area contributed by atoms with Crippen molar-refractivity contribution in [1.29, 1.82) is 0 Å². The molecular weight excluding hydrogens is 258 g/mol. The summed E-state index contributed by atoms with van der Waals surface area (Å²) in [6.07, 6.45) is 2.00. The third-order valence-corrected chi connectivity index (χ3v) is 2.93. The molecule has 0 N–H and O–H groups in total. The minimum absolute atomic E-state index is 0.0195. The summed E-state index contributed by atoms with van der Waals surface area (Å²) in [7, 11) is 1.95. The quantitative estimate of drug-likeness (QED) is 0.621. The smallest absolute Gasteiger partial charge is 0.311 e. The standard InChI is InChI=1S/C15H17NO4/c1-3-19-14(17)6-7-15(18)20-12-4-5-13-11(10-12)8-9-16(13)2/h4-5,8-10H,3,6-7H2,1-2H3. The number of esters is 2. The lowest BCUT2D eigenvalue weighted by atomic mass is 10.2. The first-order valence-electron chi connectivity index (χ1n) is 6.51. The lowest BCUT2D eigenvalue weighted by Gasteiger charge is -2.05. The number of hydrogen-bond acceptors (Lipinski definition) is 4. The maximum absolute atomic E-state index is 11.6. The average molecular weight is 275 g/mol. The predicted octanol–water partition coefficient (Wildman–Crippen LogP) is 2.43. The Morgan fingerprint density at radius 2 is 1.90 bits per heavy atom. The molecule has 5 heteroatoms. The molecule has 2 rings (SSSR count). The second-order valence-corrected chi connectivity index (χ2v) is 4.43. The van der Waals surface area contributed by atoms with Crippen LogP contribution in [0.5, 0.6) is 5.75 Å². The van der Waals surface area contributed by atoms with Crippen molar-refractivity contribution in [2.24, 2.45) is 7.05 Å². The second kappa shape index (κ2) is 6.23. The van der Waals surface area contributed by atoms with E-state index in [2.05, 4.69) is 0 Å².